The Morgan fingerprint density at radius 1 is 1.34 bits per heavy atom. The minimum Gasteiger partial charge on any atom is -0.380 e. The summed E-state index contributed by atoms with van der Waals surface area (Å²) in [5, 5.41) is 10.4. The second-order valence-corrected chi connectivity index (χ2v) is 8.14. The molecule has 0 radical (unpaired) electrons. The summed E-state index contributed by atoms with van der Waals surface area (Å²) in [6.45, 7) is 4.54. The Hall–Kier alpha value is -3.56. The lowest BCUT2D eigenvalue weighted by Gasteiger charge is -2.31. The molecular weight excluding hydrogens is 408 g/mol. The summed E-state index contributed by atoms with van der Waals surface area (Å²) in [5.41, 5.74) is 4.51. The number of rotatable bonds is 6. The van der Waals surface area contributed by atoms with E-state index in [1.54, 1.807) is 17.7 Å². The van der Waals surface area contributed by atoms with E-state index in [1.807, 2.05) is 43.5 Å². The number of amides is 1. The maximum atomic E-state index is 13.0. The number of methoxy groups -OCH3 is 1. The van der Waals surface area contributed by atoms with E-state index in [-0.39, 0.29) is 11.9 Å². The van der Waals surface area contributed by atoms with Gasteiger partial charge >= 0.3 is 0 Å². The summed E-state index contributed by atoms with van der Waals surface area (Å²) >= 11 is 0. The number of imidazole rings is 1. The highest BCUT2D eigenvalue weighted by molar-refractivity contribution is 6.04. The van der Waals surface area contributed by atoms with Crippen LogP contribution in [0.3, 0.4) is 0 Å². The number of carbonyl (C=O) groups excluding carboxylic acids is 1. The van der Waals surface area contributed by atoms with Crippen LogP contribution in [0.2, 0.25) is 0 Å². The van der Waals surface area contributed by atoms with E-state index in [4.69, 9.17) is 9.26 Å². The first-order valence-corrected chi connectivity index (χ1v) is 10.5. The first-order chi connectivity index (χ1) is 15.5. The Balaban J connectivity index is 1.37. The maximum Gasteiger partial charge on any atom is 0.274 e. The highest BCUT2D eigenvalue weighted by Crippen LogP contribution is 2.29. The van der Waals surface area contributed by atoms with Gasteiger partial charge in [0.1, 0.15) is 11.3 Å². The topological polar surface area (TPSA) is 107 Å². The van der Waals surface area contributed by atoms with Gasteiger partial charge < -0.3 is 19.9 Å². The van der Waals surface area contributed by atoms with E-state index < -0.39 is 0 Å². The van der Waals surface area contributed by atoms with Crippen molar-refractivity contribution in [1.29, 1.82) is 0 Å². The summed E-state index contributed by atoms with van der Waals surface area (Å²) in [6.07, 6.45) is 4.37. The Labute approximate surface area is 184 Å². The fraction of sp³-hybridized carbons (Fsp3) is 0.304. The van der Waals surface area contributed by atoms with Gasteiger partial charge in [-0.3, -0.25) is 9.20 Å². The summed E-state index contributed by atoms with van der Waals surface area (Å²) in [5.74, 6) is 0.832. The molecule has 3 aromatic heterocycles. The van der Waals surface area contributed by atoms with Crippen molar-refractivity contribution in [3.05, 3.63) is 65.4 Å². The van der Waals surface area contributed by atoms with Crippen molar-refractivity contribution < 1.29 is 14.1 Å². The molecule has 4 aromatic rings. The first kappa shape index (κ1) is 20.3. The third-order valence-corrected chi connectivity index (χ3v) is 5.68. The second kappa shape index (κ2) is 8.18. The summed E-state index contributed by atoms with van der Waals surface area (Å²) < 4.78 is 12.3. The molecule has 1 fully saturated rings. The van der Waals surface area contributed by atoms with E-state index in [0.717, 1.165) is 23.1 Å². The molecular formula is C23H24N6O3. The molecule has 9 nitrogen and oxygen atoms in total. The van der Waals surface area contributed by atoms with Crippen LogP contribution < -0.4 is 10.6 Å². The van der Waals surface area contributed by atoms with Crippen molar-refractivity contribution in [2.45, 2.75) is 39.0 Å². The molecule has 1 aliphatic rings. The summed E-state index contributed by atoms with van der Waals surface area (Å²) in [4.78, 5) is 21.9. The van der Waals surface area contributed by atoms with Crippen LogP contribution in [0.5, 0.6) is 0 Å². The molecule has 1 saturated heterocycles. The van der Waals surface area contributed by atoms with E-state index in [0.29, 0.717) is 41.4 Å². The van der Waals surface area contributed by atoms with Crippen molar-refractivity contribution in [3.8, 4) is 11.4 Å². The molecule has 5 rings (SSSR count). The monoisotopic (exact) mass is 432 g/mol. The summed E-state index contributed by atoms with van der Waals surface area (Å²) in [6, 6.07) is 10.1. The normalized spacial score (nSPS) is 18.0. The van der Waals surface area contributed by atoms with Crippen LogP contribution in [0.1, 0.15) is 46.9 Å². The number of carbonyl (C=O) groups is 1. The number of fused-ring (bicyclic) bond motifs is 1. The standard InChI is InChI=1S/C23H24N6O3/c1-13-4-5-16(21-27-23(32-28-21)18-8-14(2)25-18)10-17(13)26-22(30)19-11-24-20-9-15(12-31-3)6-7-29(19)20/h4-7,9-11,14,18,25H,8,12H2,1-3H3,(H,26,30)/t14-,18+/m0/s1. The zero-order valence-corrected chi connectivity index (χ0v) is 18.1. The van der Waals surface area contributed by atoms with Gasteiger partial charge in [0, 0.05) is 30.6 Å². The summed E-state index contributed by atoms with van der Waals surface area (Å²) in [7, 11) is 1.64. The minimum absolute atomic E-state index is 0.107. The average Bonchev–Trinajstić information content (AvgIpc) is 3.40. The number of benzene rings is 1. The van der Waals surface area contributed by atoms with Crippen molar-refractivity contribution in [2.24, 2.45) is 0 Å². The van der Waals surface area contributed by atoms with Crippen LogP contribution in [0, 0.1) is 6.92 Å². The molecule has 1 aliphatic heterocycles. The van der Waals surface area contributed by atoms with Gasteiger partial charge in [-0.05, 0) is 49.6 Å². The number of pyridine rings is 1. The van der Waals surface area contributed by atoms with Gasteiger partial charge in [0.05, 0.1) is 18.8 Å². The number of aromatic nitrogens is 4. The highest BCUT2D eigenvalue weighted by Gasteiger charge is 2.30. The van der Waals surface area contributed by atoms with Gasteiger partial charge in [-0.1, -0.05) is 17.3 Å². The molecule has 0 unspecified atom stereocenters. The lowest BCUT2D eigenvalue weighted by atomic mass is 9.99. The zero-order valence-electron chi connectivity index (χ0n) is 18.1. The maximum absolute atomic E-state index is 13.0. The number of aryl methyl sites for hydroxylation is 1. The Bertz CT molecular complexity index is 1290. The fourth-order valence-electron chi connectivity index (χ4n) is 3.87. The van der Waals surface area contributed by atoms with E-state index in [9.17, 15) is 4.79 Å². The molecule has 2 atom stereocenters. The first-order valence-electron chi connectivity index (χ1n) is 10.5. The SMILES string of the molecule is COCc1ccn2c(C(=O)Nc3cc(-c4noc([C@H]5C[C@H](C)N5)n4)ccc3C)cnc2c1. The third kappa shape index (κ3) is 3.76. The Kier molecular flexibility index (Phi) is 5.20. The number of hydrogen-bond donors (Lipinski definition) is 2. The van der Waals surface area contributed by atoms with Crippen molar-refractivity contribution in [2.75, 3.05) is 12.4 Å². The van der Waals surface area contributed by atoms with Crippen molar-refractivity contribution >= 4 is 17.2 Å². The smallest absolute Gasteiger partial charge is 0.274 e. The van der Waals surface area contributed by atoms with Crippen LogP contribution >= 0.6 is 0 Å². The number of nitrogens with one attached hydrogen (secondary N) is 2. The van der Waals surface area contributed by atoms with Crippen LogP contribution in [-0.4, -0.2) is 38.6 Å². The van der Waals surface area contributed by atoms with Crippen LogP contribution in [0.4, 0.5) is 5.69 Å². The predicted molar refractivity (Wildman–Crippen MR) is 118 cm³/mol. The highest BCUT2D eigenvalue weighted by atomic mass is 16.5. The zero-order chi connectivity index (χ0) is 22.2. The number of nitrogens with zero attached hydrogens (tertiary/aromatic N) is 4. The van der Waals surface area contributed by atoms with E-state index in [2.05, 4.69) is 32.7 Å². The van der Waals surface area contributed by atoms with Gasteiger partial charge in [0.15, 0.2) is 0 Å². The van der Waals surface area contributed by atoms with E-state index >= 15 is 0 Å². The minimum atomic E-state index is -0.251. The average molecular weight is 432 g/mol. The predicted octanol–water partition coefficient (Wildman–Crippen LogP) is 3.51. The van der Waals surface area contributed by atoms with Crippen LogP contribution in [0.25, 0.3) is 17.0 Å². The molecule has 1 amide bonds. The third-order valence-electron chi connectivity index (χ3n) is 5.68. The Morgan fingerprint density at radius 3 is 2.97 bits per heavy atom. The molecule has 4 heterocycles. The van der Waals surface area contributed by atoms with Crippen molar-refractivity contribution in [3.63, 3.8) is 0 Å². The molecule has 9 heteroatoms. The Morgan fingerprint density at radius 2 is 2.19 bits per heavy atom. The fourth-order valence-corrected chi connectivity index (χ4v) is 3.87. The lowest BCUT2D eigenvalue weighted by Crippen LogP contribution is -2.43. The molecule has 0 spiro atoms. The quantitative estimate of drug-likeness (QED) is 0.480. The molecule has 32 heavy (non-hydrogen) atoms. The molecule has 164 valence electrons. The molecule has 0 aliphatic carbocycles. The number of anilines is 1. The van der Waals surface area contributed by atoms with Gasteiger partial charge in [-0.15, -0.1) is 0 Å². The largest absolute Gasteiger partial charge is 0.380 e. The molecule has 2 N–H and O–H groups in total. The molecule has 0 bridgehead atoms. The number of hydrogen-bond acceptors (Lipinski definition) is 7. The second-order valence-electron chi connectivity index (χ2n) is 8.14. The lowest BCUT2D eigenvalue weighted by molar-refractivity contribution is 0.102. The van der Waals surface area contributed by atoms with Gasteiger partial charge in [0.2, 0.25) is 11.7 Å². The number of ether oxygens (including phenoxy) is 1. The van der Waals surface area contributed by atoms with Crippen LogP contribution in [0.15, 0.2) is 47.2 Å². The van der Waals surface area contributed by atoms with Crippen LogP contribution in [-0.2, 0) is 11.3 Å². The molecule has 1 aromatic carbocycles. The van der Waals surface area contributed by atoms with Gasteiger partial charge in [-0.25, -0.2) is 4.98 Å². The van der Waals surface area contributed by atoms with Gasteiger partial charge in [-0.2, -0.15) is 4.98 Å². The van der Waals surface area contributed by atoms with E-state index in [1.165, 1.54) is 0 Å². The van der Waals surface area contributed by atoms with Crippen molar-refractivity contribution in [1.82, 2.24) is 24.8 Å². The van der Waals surface area contributed by atoms with Gasteiger partial charge in [0.25, 0.3) is 5.91 Å². The molecule has 0 saturated carbocycles.